The molecule has 1 aromatic rings. The number of hydrogen-bond acceptors (Lipinski definition) is 9. The number of benzene rings is 1. The Morgan fingerprint density at radius 2 is 1.68 bits per heavy atom. The SMILES string of the molecule is COC(=O)CCC/C=C\C[C@@H]1[C@@H](/C=C/[C@@H](OC2CCCCO2)C(C)CC=C(C)C)[C@H](OC2CCCCO2)C[C@@H]1OS(=O)(=O)c1ccc(C)cc1. The molecule has 3 aliphatic rings. The Hall–Kier alpha value is -2.34. The number of methoxy groups -OCH3 is 1. The summed E-state index contributed by atoms with van der Waals surface area (Å²) >= 11 is 0. The zero-order valence-electron chi connectivity index (χ0n) is 30.8. The first kappa shape index (κ1) is 40.4. The highest BCUT2D eigenvalue weighted by atomic mass is 32.2. The van der Waals surface area contributed by atoms with Gasteiger partial charge in [0.1, 0.15) is 0 Å². The molecule has 1 saturated carbocycles. The van der Waals surface area contributed by atoms with Gasteiger partial charge in [0, 0.05) is 32.0 Å². The molecule has 10 heteroatoms. The Kier molecular flexibility index (Phi) is 16.7. The molecule has 50 heavy (non-hydrogen) atoms. The van der Waals surface area contributed by atoms with Gasteiger partial charge in [-0.1, -0.05) is 60.6 Å². The van der Waals surface area contributed by atoms with E-state index in [1.807, 2.05) is 6.92 Å². The van der Waals surface area contributed by atoms with Crippen molar-refractivity contribution in [3.05, 3.63) is 65.8 Å². The van der Waals surface area contributed by atoms with Crippen LogP contribution in [0.3, 0.4) is 0 Å². The van der Waals surface area contributed by atoms with Crippen LogP contribution in [0.2, 0.25) is 0 Å². The summed E-state index contributed by atoms with van der Waals surface area (Å²) in [5, 5.41) is 0. The van der Waals surface area contributed by atoms with Gasteiger partial charge in [-0.2, -0.15) is 8.42 Å². The second-order valence-electron chi connectivity index (χ2n) is 14.3. The van der Waals surface area contributed by atoms with Gasteiger partial charge in [0.05, 0.1) is 30.3 Å². The Labute approximate surface area is 300 Å². The molecule has 2 heterocycles. The predicted molar refractivity (Wildman–Crippen MR) is 194 cm³/mol. The van der Waals surface area contributed by atoms with Crippen molar-refractivity contribution in [3.63, 3.8) is 0 Å². The molecule has 3 unspecified atom stereocenters. The molecule has 0 spiro atoms. The topological polar surface area (TPSA) is 107 Å². The van der Waals surface area contributed by atoms with Crippen molar-refractivity contribution in [3.8, 4) is 0 Å². The van der Waals surface area contributed by atoms with Crippen LogP contribution in [-0.2, 0) is 42.8 Å². The molecule has 0 aromatic heterocycles. The number of carbonyl (C=O) groups excluding carboxylic acids is 1. The van der Waals surface area contributed by atoms with Crippen LogP contribution in [0.1, 0.15) is 103 Å². The molecule has 0 bridgehead atoms. The second-order valence-corrected chi connectivity index (χ2v) is 15.9. The standard InChI is InChI=1S/C40H60O9S/c1-29(2)18-21-31(4)35(47-39-16-10-12-26-45-39)25-24-34-33(14-8-6-7-9-15-38(41)44-5)37(28-36(34)48-40-17-11-13-27-46-40)49-50(42,43)32-22-19-30(3)20-23-32/h6,8,18-20,22-25,31,33-37,39-40H,7,9-17,21,26-28H2,1-5H3/b8-6-,25-24+/t31?,33-,34-,35-,36-,37+,39?,40?/m1/s1. The average Bonchev–Trinajstić information content (AvgIpc) is 3.41. The number of allylic oxidation sites excluding steroid dienone is 4. The Balaban J connectivity index is 1.63. The zero-order chi connectivity index (χ0) is 35.9. The number of unbranched alkanes of at least 4 members (excludes halogenated alkanes) is 1. The number of aryl methyl sites for hydroxylation is 1. The van der Waals surface area contributed by atoms with Gasteiger partial charge < -0.3 is 23.7 Å². The summed E-state index contributed by atoms with van der Waals surface area (Å²) in [5.41, 5.74) is 2.24. The van der Waals surface area contributed by atoms with E-state index in [0.717, 1.165) is 50.5 Å². The minimum atomic E-state index is -4.04. The van der Waals surface area contributed by atoms with Crippen LogP contribution in [-0.4, -0.2) is 65.6 Å². The highest BCUT2D eigenvalue weighted by Crippen LogP contribution is 2.42. The normalized spacial score (nSPS) is 27.4. The van der Waals surface area contributed by atoms with Crippen molar-refractivity contribution in [2.75, 3.05) is 20.3 Å². The monoisotopic (exact) mass is 716 g/mol. The summed E-state index contributed by atoms with van der Waals surface area (Å²) in [4.78, 5) is 11.7. The van der Waals surface area contributed by atoms with Crippen LogP contribution in [0.15, 0.2) is 65.1 Å². The van der Waals surface area contributed by atoms with E-state index in [1.54, 1.807) is 24.3 Å². The molecular formula is C40H60O9S. The molecule has 0 N–H and O–H groups in total. The fourth-order valence-corrected chi connectivity index (χ4v) is 7.97. The van der Waals surface area contributed by atoms with Gasteiger partial charge in [-0.3, -0.25) is 8.98 Å². The lowest BCUT2D eigenvalue weighted by Crippen LogP contribution is -2.32. The van der Waals surface area contributed by atoms with Crippen LogP contribution in [0, 0.1) is 24.7 Å². The Morgan fingerprint density at radius 1 is 0.980 bits per heavy atom. The van der Waals surface area contributed by atoms with E-state index in [4.69, 9.17) is 27.9 Å². The highest BCUT2D eigenvalue weighted by Gasteiger charge is 2.46. The largest absolute Gasteiger partial charge is 0.469 e. The van der Waals surface area contributed by atoms with E-state index in [-0.39, 0.29) is 53.4 Å². The molecule has 280 valence electrons. The smallest absolute Gasteiger partial charge is 0.305 e. The molecule has 1 aromatic carbocycles. The molecule has 9 nitrogen and oxygen atoms in total. The summed E-state index contributed by atoms with van der Waals surface area (Å²) in [5.74, 6) is -0.395. The molecule has 0 amide bonds. The lowest BCUT2D eigenvalue weighted by Gasteiger charge is -2.31. The van der Waals surface area contributed by atoms with Gasteiger partial charge in [0.25, 0.3) is 10.1 Å². The van der Waals surface area contributed by atoms with E-state index in [1.165, 1.54) is 12.7 Å². The summed E-state index contributed by atoms with van der Waals surface area (Å²) in [7, 11) is -2.64. The summed E-state index contributed by atoms with van der Waals surface area (Å²) in [6.07, 6.45) is 18.4. The maximum atomic E-state index is 13.7. The average molecular weight is 717 g/mol. The van der Waals surface area contributed by atoms with Crippen LogP contribution >= 0.6 is 0 Å². The maximum Gasteiger partial charge on any atom is 0.305 e. The molecule has 0 radical (unpaired) electrons. The molecular weight excluding hydrogens is 656 g/mol. The summed E-state index contributed by atoms with van der Waals surface area (Å²) in [6, 6.07) is 6.76. The quantitative estimate of drug-likeness (QED) is 0.0641. The molecule has 1 aliphatic carbocycles. The van der Waals surface area contributed by atoms with Crippen molar-refractivity contribution >= 4 is 16.1 Å². The molecule has 4 rings (SSSR count). The molecule has 8 atom stereocenters. The van der Waals surface area contributed by atoms with Crippen LogP contribution in [0.25, 0.3) is 0 Å². The Bertz CT molecular complexity index is 1350. The first-order chi connectivity index (χ1) is 24.1. The van der Waals surface area contributed by atoms with Gasteiger partial charge in [-0.05, 0) is 109 Å². The third kappa shape index (κ3) is 13.0. The minimum absolute atomic E-state index is 0.140. The predicted octanol–water partition coefficient (Wildman–Crippen LogP) is 8.37. The van der Waals surface area contributed by atoms with Crippen LogP contribution in [0.4, 0.5) is 0 Å². The number of esters is 1. The first-order valence-electron chi connectivity index (χ1n) is 18.6. The van der Waals surface area contributed by atoms with Gasteiger partial charge in [0.15, 0.2) is 12.6 Å². The highest BCUT2D eigenvalue weighted by molar-refractivity contribution is 7.86. The Morgan fingerprint density at radius 3 is 2.32 bits per heavy atom. The fraction of sp³-hybridized carbons (Fsp3) is 0.675. The molecule has 2 saturated heterocycles. The van der Waals surface area contributed by atoms with E-state index in [2.05, 4.69) is 51.2 Å². The van der Waals surface area contributed by atoms with Crippen LogP contribution < -0.4 is 0 Å². The minimum Gasteiger partial charge on any atom is -0.469 e. The number of carbonyl (C=O) groups is 1. The molecule has 3 fully saturated rings. The third-order valence-corrected chi connectivity index (χ3v) is 11.2. The lowest BCUT2D eigenvalue weighted by molar-refractivity contribution is -0.193. The van der Waals surface area contributed by atoms with Crippen LogP contribution in [0.5, 0.6) is 0 Å². The summed E-state index contributed by atoms with van der Waals surface area (Å²) in [6.45, 7) is 9.68. The number of rotatable bonds is 18. The fourth-order valence-electron chi connectivity index (χ4n) is 6.85. The van der Waals surface area contributed by atoms with E-state index in [9.17, 15) is 13.2 Å². The van der Waals surface area contributed by atoms with E-state index in [0.29, 0.717) is 45.3 Å². The zero-order valence-corrected chi connectivity index (χ0v) is 31.6. The van der Waals surface area contributed by atoms with Gasteiger partial charge >= 0.3 is 5.97 Å². The van der Waals surface area contributed by atoms with Crippen molar-refractivity contribution in [2.24, 2.45) is 17.8 Å². The van der Waals surface area contributed by atoms with Gasteiger partial charge in [-0.15, -0.1) is 0 Å². The number of ether oxygens (including phenoxy) is 5. The van der Waals surface area contributed by atoms with E-state index >= 15 is 0 Å². The van der Waals surface area contributed by atoms with Gasteiger partial charge in [0.2, 0.25) is 0 Å². The van der Waals surface area contributed by atoms with Gasteiger partial charge in [-0.25, -0.2) is 0 Å². The lowest BCUT2D eigenvalue weighted by atomic mass is 9.88. The number of hydrogen-bond donors (Lipinski definition) is 0. The maximum absolute atomic E-state index is 13.7. The van der Waals surface area contributed by atoms with E-state index < -0.39 is 16.2 Å². The van der Waals surface area contributed by atoms with Crippen molar-refractivity contribution in [1.29, 1.82) is 0 Å². The molecule has 2 aliphatic heterocycles. The van der Waals surface area contributed by atoms with Crippen molar-refractivity contribution < 1.29 is 41.1 Å². The second kappa shape index (κ2) is 20.6. The van der Waals surface area contributed by atoms with Crippen molar-refractivity contribution in [1.82, 2.24) is 0 Å². The summed E-state index contributed by atoms with van der Waals surface area (Å²) < 4.78 is 63.5. The first-order valence-corrected chi connectivity index (χ1v) is 20.0. The van der Waals surface area contributed by atoms with Crippen molar-refractivity contribution in [2.45, 2.75) is 141 Å². The third-order valence-electron chi connectivity index (χ3n) is 9.87.